The van der Waals surface area contributed by atoms with Crippen molar-refractivity contribution in [3.05, 3.63) is 58.3 Å². The monoisotopic (exact) mass is 403 g/mol. The molecule has 0 saturated carbocycles. The van der Waals surface area contributed by atoms with Crippen LogP contribution in [0.4, 0.5) is 10.1 Å². The highest BCUT2D eigenvalue weighted by atomic mass is 35.5. The number of hydrogen-bond donors (Lipinski definition) is 1. The lowest BCUT2D eigenvalue weighted by molar-refractivity contribution is -0.118. The summed E-state index contributed by atoms with van der Waals surface area (Å²) in [7, 11) is 0. The Labute approximate surface area is 166 Å². The minimum Gasteiger partial charge on any atom is -0.324 e. The number of para-hydroxylation sites is 1. The van der Waals surface area contributed by atoms with E-state index in [1.165, 1.54) is 22.9 Å². The van der Waals surface area contributed by atoms with Crippen molar-refractivity contribution in [1.82, 2.24) is 9.88 Å². The Kier molecular flexibility index (Phi) is 5.38. The van der Waals surface area contributed by atoms with Crippen molar-refractivity contribution in [2.45, 2.75) is 25.3 Å². The topological polar surface area (TPSA) is 45.2 Å². The molecule has 0 radical (unpaired) electrons. The van der Waals surface area contributed by atoms with Crippen molar-refractivity contribution in [3.63, 3.8) is 0 Å². The van der Waals surface area contributed by atoms with E-state index in [-0.39, 0.29) is 23.5 Å². The largest absolute Gasteiger partial charge is 0.324 e. The van der Waals surface area contributed by atoms with Gasteiger partial charge < -0.3 is 5.32 Å². The molecule has 4 rings (SSSR count). The molecule has 1 saturated heterocycles. The average Bonchev–Trinajstić information content (AvgIpc) is 3.08. The molecular formula is C20H19ClFN3OS. The van der Waals surface area contributed by atoms with Gasteiger partial charge in [0.2, 0.25) is 5.91 Å². The van der Waals surface area contributed by atoms with E-state index in [4.69, 9.17) is 16.6 Å². The van der Waals surface area contributed by atoms with Crippen molar-refractivity contribution in [2.75, 3.05) is 18.4 Å². The number of fused-ring (bicyclic) bond motifs is 1. The third kappa shape index (κ3) is 4.13. The number of benzene rings is 2. The van der Waals surface area contributed by atoms with Gasteiger partial charge in [-0.3, -0.25) is 9.69 Å². The maximum atomic E-state index is 13.2. The van der Waals surface area contributed by atoms with Crippen LogP contribution in [0.25, 0.3) is 10.2 Å². The first-order valence-electron chi connectivity index (χ1n) is 8.94. The third-order valence-corrected chi connectivity index (χ3v) is 6.21. The summed E-state index contributed by atoms with van der Waals surface area (Å²) in [4.78, 5) is 19.5. The normalized spacial score (nSPS) is 17.9. The molecular weight excluding hydrogens is 385 g/mol. The van der Waals surface area contributed by atoms with E-state index in [9.17, 15) is 9.18 Å². The zero-order valence-electron chi connectivity index (χ0n) is 14.6. The lowest BCUT2D eigenvalue weighted by Gasteiger charge is -2.33. The molecule has 4 nitrogen and oxygen atoms in total. The van der Waals surface area contributed by atoms with Gasteiger partial charge in [0.1, 0.15) is 10.8 Å². The Morgan fingerprint density at radius 2 is 2.15 bits per heavy atom. The fraction of sp³-hybridized carbons (Fsp3) is 0.300. The first-order chi connectivity index (χ1) is 13.1. The minimum absolute atomic E-state index is 0.144. The van der Waals surface area contributed by atoms with Crippen molar-refractivity contribution in [2.24, 2.45) is 0 Å². The molecule has 1 N–H and O–H groups in total. The van der Waals surface area contributed by atoms with Gasteiger partial charge in [0, 0.05) is 0 Å². The van der Waals surface area contributed by atoms with Crippen LogP contribution in [-0.2, 0) is 4.79 Å². The zero-order valence-corrected chi connectivity index (χ0v) is 16.2. The van der Waals surface area contributed by atoms with E-state index in [0.29, 0.717) is 5.69 Å². The molecule has 1 aliphatic heterocycles. The van der Waals surface area contributed by atoms with Crippen LogP contribution >= 0.6 is 22.9 Å². The van der Waals surface area contributed by atoms with Crippen LogP contribution in [0.3, 0.4) is 0 Å². The third-order valence-electron chi connectivity index (χ3n) is 4.76. The smallest absolute Gasteiger partial charge is 0.238 e. The predicted octanol–water partition coefficient (Wildman–Crippen LogP) is 5.25. The van der Waals surface area contributed by atoms with Crippen LogP contribution < -0.4 is 5.32 Å². The highest BCUT2D eigenvalue weighted by Gasteiger charge is 2.28. The van der Waals surface area contributed by atoms with Crippen LogP contribution in [-0.4, -0.2) is 28.9 Å². The SMILES string of the molecule is O=C(CN1CCCC[C@H]1c1nc2ccccc2s1)Nc1ccc(F)cc1Cl. The summed E-state index contributed by atoms with van der Waals surface area (Å²) in [6.45, 7) is 1.11. The Hall–Kier alpha value is -2.02. The van der Waals surface area contributed by atoms with Crippen molar-refractivity contribution in [3.8, 4) is 0 Å². The van der Waals surface area contributed by atoms with E-state index < -0.39 is 5.82 Å². The number of aromatic nitrogens is 1. The number of halogens is 2. The highest BCUT2D eigenvalue weighted by molar-refractivity contribution is 7.18. The molecule has 140 valence electrons. The van der Waals surface area contributed by atoms with Gasteiger partial charge in [-0.1, -0.05) is 30.2 Å². The standard InChI is InChI=1S/C20H19ClFN3OS/c21-14-11-13(22)8-9-15(14)23-19(26)12-25-10-4-3-6-17(25)20-24-16-5-1-2-7-18(16)27-20/h1-2,5,7-9,11,17H,3-4,6,10,12H2,(H,23,26)/t17-/m0/s1. The molecule has 1 amide bonds. The molecule has 0 unspecified atom stereocenters. The second kappa shape index (κ2) is 7.92. The summed E-state index contributed by atoms with van der Waals surface area (Å²) in [5, 5.41) is 4.04. The minimum atomic E-state index is -0.426. The summed E-state index contributed by atoms with van der Waals surface area (Å²) in [5.74, 6) is -0.582. The fourth-order valence-electron chi connectivity index (χ4n) is 3.46. The van der Waals surface area contributed by atoms with Crippen LogP contribution in [0.15, 0.2) is 42.5 Å². The molecule has 1 fully saturated rings. The first kappa shape index (κ1) is 18.3. The maximum Gasteiger partial charge on any atom is 0.238 e. The summed E-state index contributed by atoms with van der Waals surface area (Å²) < 4.78 is 14.3. The molecule has 7 heteroatoms. The van der Waals surface area contributed by atoms with Crippen LogP contribution in [0.2, 0.25) is 5.02 Å². The van der Waals surface area contributed by atoms with Gasteiger partial charge in [0.15, 0.2) is 0 Å². The molecule has 0 aliphatic carbocycles. The predicted molar refractivity (Wildman–Crippen MR) is 108 cm³/mol. The Bertz CT molecular complexity index is 944. The van der Waals surface area contributed by atoms with Gasteiger partial charge in [-0.15, -0.1) is 11.3 Å². The molecule has 0 bridgehead atoms. The van der Waals surface area contributed by atoms with E-state index in [0.717, 1.165) is 36.3 Å². The van der Waals surface area contributed by atoms with E-state index in [1.54, 1.807) is 11.3 Å². The van der Waals surface area contributed by atoms with Crippen molar-refractivity contribution < 1.29 is 9.18 Å². The van der Waals surface area contributed by atoms with Gasteiger partial charge in [0.05, 0.1) is 33.5 Å². The van der Waals surface area contributed by atoms with Crippen molar-refractivity contribution >= 4 is 44.7 Å². The van der Waals surface area contributed by atoms with Gasteiger partial charge in [-0.2, -0.15) is 0 Å². The zero-order chi connectivity index (χ0) is 18.8. The molecule has 1 aromatic heterocycles. The van der Waals surface area contributed by atoms with Gasteiger partial charge in [0.25, 0.3) is 0 Å². The van der Waals surface area contributed by atoms with Crippen molar-refractivity contribution in [1.29, 1.82) is 0 Å². The number of amides is 1. The van der Waals surface area contributed by atoms with E-state index in [1.807, 2.05) is 18.2 Å². The number of rotatable bonds is 4. The number of nitrogens with one attached hydrogen (secondary N) is 1. The number of carbonyl (C=O) groups is 1. The quantitative estimate of drug-likeness (QED) is 0.646. The fourth-order valence-corrected chi connectivity index (χ4v) is 4.81. The molecule has 2 heterocycles. The molecule has 1 atom stereocenters. The molecule has 0 spiro atoms. The Morgan fingerprint density at radius 3 is 2.96 bits per heavy atom. The number of piperidine rings is 1. The van der Waals surface area contributed by atoms with Gasteiger partial charge in [-0.05, 0) is 49.7 Å². The number of thiazole rings is 1. The average molecular weight is 404 g/mol. The van der Waals surface area contributed by atoms with Crippen LogP contribution in [0.5, 0.6) is 0 Å². The van der Waals surface area contributed by atoms with E-state index >= 15 is 0 Å². The Morgan fingerprint density at radius 1 is 1.30 bits per heavy atom. The summed E-state index contributed by atoms with van der Waals surface area (Å²) in [6.07, 6.45) is 3.18. The molecule has 27 heavy (non-hydrogen) atoms. The van der Waals surface area contributed by atoms with Crippen LogP contribution in [0, 0.1) is 5.82 Å². The number of nitrogens with zero attached hydrogens (tertiary/aromatic N) is 2. The number of anilines is 1. The number of hydrogen-bond acceptors (Lipinski definition) is 4. The van der Waals surface area contributed by atoms with Crippen LogP contribution in [0.1, 0.15) is 30.3 Å². The summed E-state index contributed by atoms with van der Waals surface area (Å²) in [6, 6.07) is 12.2. The Balaban J connectivity index is 1.49. The summed E-state index contributed by atoms with van der Waals surface area (Å²) in [5.41, 5.74) is 1.43. The summed E-state index contributed by atoms with van der Waals surface area (Å²) >= 11 is 7.70. The van der Waals surface area contributed by atoms with Gasteiger partial charge >= 0.3 is 0 Å². The highest BCUT2D eigenvalue weighted by Crippen LogP contribution is 2.35. The van der Waals surface area contributed by atoms with E-state index in [2.05, 4.69) is 16.3 Å². The number of carbonyl (C=O) groups excluding carboxylic acids is 1. The molecule has 1 aliphatic rings. The number of likely N-dealkylation sites (tertiary alicyclic amines) is 1. The lowest BCUT2D eigenvalue weighted by atomic mass is 10.0. The maximum absolute atomic E-state index is 13.2. The first-order valence-corrected chi connectivity index (χ1v) is 10.1. The second-order valence-corrected chi connectivity index (χ2v) is 8.14. The second-order valence-electron chi connectivity index (χ2n) is 6.67. The lowest BCUT2D eigenvalue weighted by Crippen LogP contribution is -2.39. The van der Waals surface area contributed by atoms with Gasteiger partial charge in [-0.25, -0.2) is 9.37 Å². The molecule has 2 aromatic carbocycles. The molecule has 3 aromatic rings.